The smallest absolute Gasteiger partial charge is 0.216 e. The Hall–Kier alpha value is -1.75. The van der Waals surface area contributed by atoms with Crippen LogP contribution >= 0.6 is 11.6 Å². The highest BCUT2D eigenvalue weighted by molar-refractivity contribution is 6.16. The first-order valence-corrected chi connectivity index (χ1v) is 5.53. The standard InChI is InChI=1S/C11H11ClN4O/c1-7-3-8(5-12)16-11(15-7)9-4-10(17-2)14-6-13-9/h3-4,6H,5H2,1-2H3. The summed E-state index contributed by atoms with van der Waals surface area (Å²) in [6.07, 6.45) is 1.42. The molecule has 17 heavy (non-hydrogen) atoms. The van der Waals surface area contributed by atoms with Gasteiger partial charge in [-0.15, -0.1) is 11.6 Å². The molecule has 0 saturated heterocycles. The Labute approximate surface area is 104 Å². The minimum Gasteiger partial charge on any atom is -0.481 e. The summed E-state index contributed by atoms with van der Waals surface area (Å²) in [6, 6.07) is 3.53. The van der Waals surface area contributed by atoms with E-state index in [1.165, 1.54) is 6.33 Å². The summed E-state index contributed by atoms with van der Waals surface area (Å²) in [5.74, 6) is 1.35. The van der Waals surface area contributed by atoms with Crippen LogP contribution in [0.2, 0.25) is 0 Å². The molecule has 2 aromatic heterocycles. The predicted molar refractivity (Wildman–Crippen MR) is 63.9 cm³/mol. The van der Waals surface area contributed by atoms with Gasteiger partial charge in [0.05, 0.1) is 18.7 Å². The molecule has 0 aliphatic heterocycles. The van der Waals surface area contributed by atoms with Gasteiger partial charge in [0, 0.05) is 11.8 Å². The molecule has 0 radical (unpaired) electrons. The molecule has 6 heteroatoms. The molecule has 0 amide bonds. The first kappa shape index (κ1) is 11.7. The zero-order valence-corrected chi connectivity index (χ0v) is 10.3. The van der Waals surface area contributed by atoms with E-state index in [9.17, 15) is 0 Å². The number of hydrogen-bond donors (Lipinski definition) is 0. The van der Waals surface area contributed by atoms with Gasteiger partial charge in [-0.25, -0.2) is 19.9 Å². The van der Waals surface area contributed by atoms with E-state index in [4.69, 9.17) is 16.3 Å². The number of alkyl halides is 1. The molecule has 2 heterocycles. The molecule has 5 nitrogen and oxygen atoms in total. The topological polar surface area (TPSA) is 60.8 Å². The molecule has 2 aromatic rings. The lowest BCUT2D eigenvalue weighted by atomic mass is 10.3. The van der Waals surface area contributed by atoms with Crippen LogP contribution in [0, 0.1) is 6.92 Å². The van der Waals surface area contributed by atoms with Crippen LogP contribution in [0.1, 0.15) is 11.4 Å². The third-order valence-electron chi connectivity index (χ3n) is 2.12. The molecule has 0 N–H and O–H groups in total. The highest BCUT2D eigenvalue weighted by atomic mass is 35.5. The van der Waals surface area contributed by atoms with Crippen molar-refractivity contribution in [2.45, 2.75) is 12.8 Å². The summed E-state index contributed by atoms with van der Waals surface area (Å²) in [7, 11) is 1.55. The van der Waals surface area contributed by atoms with Crippen LogP contribution in [0.4, 0.5) is 0 Å². The van der Waals surface area contributed by atoms with Gasteiger partial charge < -0.3 is 4.74 Å². The summed E-state index contributed by atoms with van der Waals surface area (Å²) < 4.78 is 5.03. The van der Waals surface area contributed by atoms with E-state index in [-0.39, 0.29) is 0 Å². The maximum Gasteiger partial charge on any atom is 0.216 e. The monoisotopic (exact) mass is 250 g/mol. The van der Waals surface area contributed by atoms with E-state index >= 15 is 0 Å². The first-order valence-electron chi connectivity index (χ1n) is 5.00. The van der Waals surface area contributed by atoms with Crippen molar-refractivity contribution in [1.82, 2.24) is 19.9 Å². The number of halogens is 1. The number of methoxy groups -OCH3 is 1. The molecule has 0 aliphatic carbocycles. The fourth-order valence-corrected chi connectivity index (χ4v) is 1.53. The SMILES string of the molecule is COc1cc(-c2nc(C)cc(CCl)n2)ncn1. The number of rotatable bonds is 3. The van der Waals surface area contributed by atoms with Crippen molar-refractivity contribution < 1.29 is 4.74 Å². The summed E-state index contributed by atoms with van der Waals surface area (Å²) in [4.78, 5) is 16.7. The zero-order chi connectivity index (χ0) is 12.3. The zero-order valence-electron chi connectivity index (χ0n) is 9.51. The minimum absolute atomic E-state index is 0.346. The number of hydrogen-bond acceptors (Lipinski definition) is 5. The van der Waals surface area contributed by atoms with Crippen molar-refractivity contribution in [3.63, 3.8) is 0 Å². The lowest BCUT2D eigenvalue weighted by molar-refractivity contribution is 0.397. The molecule has 0 spiro atoms. The van der Waals surface area contributed by atoms with Gasteiger partial charge in [0.25, 0.3) is 0 Å². The quantitative estimate of drug-likeness (QED) is 0.780. The second-order valence-corrected chi connectivity index (χ2v) is 3.67. The Kier molecular flexibility index (Phi) is 3.49. The van der Waals surface area contributed by atoms with Crippen LogP contribution in [-0.4, -0.2) is 27.0 Å². The third-order valence-corrected chi connectivity index (χ3v) is 2.40. The molecular formula is C11H11ClN4O. The molecular weight excluding hydrogens is 240 g/mol. The molecule has 0 bridgehead atoms. The van der Waals surface area contributed by atoms with E-state index in [0.29, 0.717) is 23.3 Å². The van der Waals surface area contributed by atoms with Gasteiger partial charge >= 0.3 is 0 Å². The van der Waals surface area contributed by atoms with Gasteiger partial charge in [-0.1, -0.05) is 0 Å². The van der Waals surface area contributed by atoms with Crippen molar-refractivity contribution >= 4 is 11.6 Å². The van der Waals surface area contributed by atoms with Crippen molar-refractivity contribution in [1.29, 1.82) is 0 Å². The van der Waals surface area contributed by atoms with E-state index in [2.05, 4.69) is 19.9 Å². The van der Waals surface area contributed by atoms with Crippen molar-refractivity contribution in [3.05, 3.63) is 29.8 Å². The lowest BCUT2D eigenvalue weighted by Gasteiger charge is -2.04. The highest BCUT2D eigenvalue weighted by Gasteiger charge is 2.07. The largest absolute Gasteiger partial charge is 0.481 e. The Morgan fingerprint density at radius 1 is 1.24 bits per heavy atom. The summed E-state index contributed by atoms with van der Waals surface area (Å²) in [5.41, 5.74) is 2.24. The molecule has 0 aliphatic rings. The minimum atomic E-state index is 0.346. The molecule has 0 fully saturated rings. The lowest BCUT2D eigenvalue weighted by Crippen LogP contribution is -1.99. The summed E-state index contributed by atoms with van der Waals surface area (Å²) >= 11 is 5.77. The first-order chi connectivity index (χ1) is 8.22. The number of aromatic nitrogens is 4. The van der Waals surface area contributed by atoms with Crippen LogP contribution in [0.3, 0.4) is 0 Å². The number of aryl methyl sites for hydroxylation is 1. The molecule has 0 atom stereocenters. The van der Waals surface area contributed by atoms with Gasteiger partial charge in [0.2, 0.25) is 5.88 Å². The van der Waals surface area contributed by atoms with Crippen molar-refractivity contribution in [2.24, 2.45) is 0 Å². The Morgan fingerprint density at radius 2 is 2.06 bits per heavy atom. The maximum absolute atomic E-state index is 5.77. The average molecular weight is 251 g/mol. The Balaban J connectivity index is 2.47. The van der Waals surface area contributed by atoms with Crippen LogP contribution in [0.5, 0.6) is 5.88 Å². The normalized spacial score (nSPS) is 10.3. The predicted octanol–water partition coefficient (Wildman–Crippen LogP) is 1.99. The molecule has 0 unspecified atom stereocenters. The second-order valence-electron chi connectivity index (χ2n) is 3.40. The van der Waals surface area contributed by atoms with Gasteiger partial charge in [0.1, 0.15) is 12.0 Å². The molecule has 0 aromatic carbocycles. The van der Waals surface area contributed by atoms with Crippen LogP contribution in [-0.2, 0) is 5.88 Å². The summed E-state index contributed by atoms with van der Waals surface area (Å²) in [6.45, 7) is 1.89. The number of ether oxygens (including phenoxy) is 1. The van der Waals surface area contributed by atoms with Gasteiger partial charge in [0.15, 0.2) is 5.82 Å². The Morgan fingerprint density at radius 3 is 2.76 bits per heavy atom. The average Bonchev–Trinajstić information content (AvgIpc) is 2.38. The maximum atomic E-state index is 5.77. The van der Waals surface area contributed by atoms with Crippen molar-refractivity contribution in [2.75, 3.05) is 7.11 Å². The molecule has 2 rings (SSSR count). The van der Waals surface area contributed by atoms with E-state index < -0.39 is 0 Å². The molecule has 0 saturated carbocycles. The summed E-state index contributed by atoms with van der Waals surface area (Å²) in [5, 5.41) is 0. The van der Waals surface area contributed by atoms with Crippen LogP contribution in [0.25, 0.3) is 11.5 Å². The van der Waals surface area contributed by atoms with Gasteiger partial charge in [-0.2, -0.15) is 0 Å². The van der Waals surface area contributed by atoms with E-state index in [1.54, 1.807) is 13.2 Å². The van der Waals surface area contributed by atoms with Gasteiger partial charge in [-0.05, 0) is 13.0 Å². The Bertz CT molecular complexity index is 533. The van der Waals surface area contributed by atoms with E-state index in [1.807, 2.05) is 13.0 Å². The van der Waals surface area contributed by atoms with E-state index in [0.717, 1.165) is 11.4 Å². The fourth-order valence-electron chi connectivity index (χ4n) is 1.39. The fraction of sp³-hybridized carbons (Fsp3) is 0.273. The second kappa shape index (κ2) is 5.05. The number of nitrogens with zero attached hydrogens (tertiary/aromatic N) is 4. The van der Waals surface area contributed by atoms with Crippen LogP contribution < -0.4 is 4.74 Å². The highest BCUT2D eigenvalue weighted by Crippen LogP contribution is 2.17. The molecule has 88 valence electrons. The third kappa shape index (κ3) is 2.68. The van der Waals surface area contributed by atoms with Gasteiger partial charge in [-0.3, -0.25) is 0 Å². The van der Waals surface area contributed by atoms with Crippen molar-refractivity contribution in [3.8, 4) is 17.4 Å². The van der Waals surface area contributed by atoms with Crippen LogP contribution in [0.15, 0.2) is 18.5 Å².